The fourth-order valence-corrected chi connectivity index (χ4v) is 2.99. The molecule has 6 heteroatoms. The van der Waals surface area contributed by atoms with Crippen molar-refractivity contribution in [1.29, 1.82) is 0 Å². The number of carbonyl (C=O) groups excluding carboxylic acids is 2. The van der Waals surface area contributed by atoms with Crippen molar-refractivity contribution >= 4 is 17.5 Å². The fraction of sp³-hybridized carbons (Fsp3) is 0.556. The zero-order chi connectivity index (χ0) is 17.5. The molecule has 0 unspecified atom stereocenters. The van der Waals surface area contributed by atoms with E-state index in [1.807, 2.05) is 22.8 Å². The summed E-state index contributed by atoms with van der Waals surface area (Å²) in [6.07, 6.45) is 1.23. The number of carbonyl (C=O) groups is 2. The molecule has 132 valence electrons. The Morgan fingerprint density at radius 2 is 1.79 bits per heavy atom. The Hall–Kier alpha value is -2.11. The number of amides is 2. The van der Waals surface area contributed by atoms with Crippen LogP contribution >= 0.6 is 0 Å². The maximum absolute atomic E-state index is 13.8. The smallest absolute Gasteiger partial charge is 0.224 e. The molecule has 1 aliphatic rings. The average Bonchev–Trinajstić information content (AvgIpc) is 2.58. The Labute approximate surface area is 143 Å². The van der Waals surface area contributed by atoms with Gasteiger partial charge in [0.15, 0.2) is 0 Å². The zero-order valence-corrected chi connectivity index (χ0v) is 14.5. The van der Waals surface area contributed by atoms with Gasteiger partial charge in [-0.25, -0.2) is 4.39 Å². The summed E-state index contributed by atoms with van der Waals surface area (Å²) in [7, 11) is 0. The van der Waals surface area contributed by atoms with Gasteiger partial charge in [-0.3, -0.25) is 9.59 Å². The summed E-state index contributed by atoms with van der Waals surface area (Å²) in [5, 5.41) is 0. The Morgan fingerprint density at radius 1 is 1.12 bits per heavy atom. The molecule has 0 aliphatic carbocycles. The average molecular weight is 335 g/mol. The first-order valence-corrected chi connectivity index (χ1v) is 8.55. The fourth-order valence-electron chi connectivity index (χ4n) is 2.99. The number of hydrogen-bond donors (Lipinski definition) is 0. The van der Waals surface area contributed by atoms with E-state index in [4.69, 9.17) is 0 Å². The molecule has 0 spiro atoms. The number of rotatable bonds is 6. The summed E-state index contributed by atoms with van der Waals surface area (Å²) in [6.45, 7) is 7.12. The quantitative estimate of drug-likeness (QED) is 0.800. The van der Waals surface area contributed by atoms with Crippen molar-refractivity contribution < 1.29 is 14.0 Å². The van der Waals surface area contributed by atoms with Gasteiger partial charge in [0.1, 0.15) is 5.82 Å². The second-order valence-corrected chi connectivity index (χ2v) is 6.08. The maximum Gasteiger partial charge on any atom is 0.224 e. The predicted molar refractivity (Wildman–Crippen MR) is 92.4 cm³/mol. The van der Waals surface area contributed by atoms with Gasteiger partial charge in [-0.05, 0) is 18.6 Å². The van der Waals surface area contributed by atoms with Crippen LogP contribution in [0.1, 0.15) is 26.7 Å². The topological polar surface area (TPSA) is 43.9 Å². The van der Waals surface area contributed by atoms with Gasteiger partial charge in [0.2, 0.25) is 11.8 Å². The zero-order valence-electron chi connectivity index (χ0n) is 14.5. The van der Waals surface area contributed by atoms with E-state index < -0.39 is 0 Å². The van der Waals surface area contributed by atoms with Gasteiger partial charge in [-0.1, -0.05) is 19.1 Å². The van der Waals surface area contributed by atoms with Gasteiger partial charge in [0.25, 0.3) is 0 Å². The van der Waals surface area contributed by atoms with Crippen LogP contribution in [0.25, 0.3) is 0 Å². The molecular weight excluding hydrogens is 309 g/mol. The third-order valence-electron chi connectivity index (χ3n) is 4.36. The highest BCUT2D eigenvalue weighted by molar-refractivity contribution is 5.78. The molecule has 1 fully saturated rings. The Morgan fingerprint density at radius 3 is 2.38 bits per heavy atom. The molecule has 0 aromatic heterocycles. The van der Waals surface area contributed by atoms with Gasteiger partial charge in [0, 0.05) is 52.6 Å². The van der Waals surface area contributed by atoms with Crippen LogP contribution in [0, 0.1) is 5.82 Å². The van der Waals surface area contributed by atoms with Crippen LogP contribution in [0.4, 0.5) is 10.1 Å². The van der Waals surface area contributed by atoms with Crippen molar-refractivity contribution in [3.8, 4) is 0 Å². The lowest BCUT2D eigenvalue weighted by molar-refractivity contribution is -0.133. The van der Waals surface area contributed by atoms with Crippen molar-refractivity contribution in [2.24, 2.45) is 0 Å². The third kappa shape index (κ3) is 4.69. The molecule has 1 saturated heterocycles. The molecule has 0 saturated carbocycles. The monoisotopic (exact) mass is 335 g/mol. The third-order valence-corrected chi connectivity index (χ3v) is 4.36. The van der Waals surface area contributed by atoms with Crippen molar-refractivity contribution in [3.05, 3.63) is 30.1 Å². The van der Waals surface area contributed by atoms with Crippen LogP contribution in [-0.2, 0) is 9.59 Å². The van der Waals surface area contributed by atoms with E-state index in [1.54, 1.807) is 17.0 Å². The van der Waals surface area contributed by atoms with Gasteiger partial charge in [0.05, 0.1) is 5.69 Å². The summed E-state index contributed by atoms with van der Waals surface area (Å²) >= 11 is 0. The maximum atomic E-state index is 13.8. The highest BCUT2D eigenvalue weighted by Crippen LogP contribution is 2.20. The number of halogens is 1. The number of piperazine rings is 1. The minimum Gasteiger partial charge on any atom is -0.366 e. The molecule has 2 amide bonds. The Bertz CT molecular complexity index is 571. The van der Waals surface area contributed by atoms with Gasteiger partial charge in [-0.2, -0.15) is 0 Å². The first-order chi connectivity index (χ1) is 11.5. The molecule has 1 aromatic carbocycles. The minimum absolute atomic E-state index is 0.00835. The molecule has 1 aromatic rings. The lowest BCUT2D eigenvalue weighted by atomic mass is 10.2. The molecule has 24 heavy (non-hydrogen) atoms. The summed E-state index contributed by atoms with van der Waals surface area (Å²) in [4.78, 5) is 29.3. The predicted octanol–water partition coefficient (Wildman–Crippen LogP) is 2.12. The van der Waals surface area contributed by atoms with Crippen LogP contribution in [0.2, 0.25) is 0 Å². The van der Waals surface area contributed by atoms with E-state index in [2.05, 4.69) is 0 Å². The van der Waals surface area contributed by atoms with Crippen LogP contribution in [0.5, 0.6) is 0 Å². The van der Waals surface area contributed by atoms with E-state index in [0.717, 1.165) is 6.42 Å². The standard InChI is InChI=1S/C18H26FN3O2/c1-3-9-20(15(2)23)10-8-18(24)22-13-11-21(12-14-22)17-7-5-4-6-16(17)19/h4-7H,3,8-14H2,1-2H3. The number of benzene rings is 1. The Kier molecular flexibility index (Phi) is 6.58. The van der Waals surface area contributed by atoms with Crippen LogP contribution in [-0.4, -0.2) is 60.9 Å². The molecule has 0 radical (unpaired) electrons. The molecule has 0 bridgehead atoms. The second kappa shape index (κ2) is 8.66. The molecular formula is C18H26FN3O2. The minimum atomic E-state index is -0.228. The molecule has 1 aliphatic heterocycles. The number of hydrogen-bond acceptors (Lipinski definition) is 3. The van der Waals surface area contributed by atoms with E-state index >= 15 is 0 Å². The summed E-state index contributed by atoms with van der Waals surface area (Å²) in [5.74, 6) is -0.159. The highest BCUT2D eigenvalue weighted by atomic mass is 19.1. The molecule has 0 N–H and O–H groups in total. The van der Waals surface area contributed by atoms with Crippen molar-refractivity contribution in [3.63, 3.8) is 0 Å². The van der Waals surface area contributed by atoms with Crippen molar-refractivity contribution in [1.82, 2.24) is 9.80 Å². The van der Waals surface area contributed by atoms with Gasteiger partial charge in [-0.15, -0.1) is 0 Å². The Balaban J connectivity index is 1.82. The molecule has 5 nitrogen and oxygen atoms in total. The molecule has 0 atom stereocenters. The second-order valence-electron chi connectivity index (χ2n) is 6.08. The van der Waals surface area contributed by atoms with Gasteiger partial charge >= 0.3 is 0 Å². The first kappa shape index (κ1) is 18.2. The lowest BCUT2D eigenvalue weighted by Gasteiger charge is -2.36. The lowest BCUT2D eigenvalue weighted by Crippen LogP contribution is -2.49. The highest BCUT2D eigenvalue weighted by Gasteiger charge is 2.23. The van der Waals surface area contributed by atoms with Crippen molar-refractivity contribution in [2.45, 2.75) is 26.7 Å². The van der Waals surface area contributed by atoms with Crippen LogP contribution in [0.15, 0.2) is 24.3 Å². The van der Waals surface area contributed by atoms with E-state index in [-0.39, 0.29) is 17.6 Å². The summed E-state index contributed by atoms with van der Waals surface area (Å²) in [5.41, 5.74) is 0.593. The normalized spacial score (nSPS) is 14.6. The van der Waals surface area contributed by atoms with E-state index in [0.29, 0.717) is 51.4 Å². The SMILES string of the molecule is CCCN(CCC(=O)N1CCN(c2ccccc2F)CC1)C(C)=O. The van der Waals surface area contributed by atoms with Crippen molar-refractivity contribution in [2.75, 3.05) is 44.2 Å². The number of nitrogens with zero attached hydrogens (tertiary/aromatic N) is 3. The summed E-state index contributed by atoms with van der Waals surface area (Å²) in [6, 6.07) is 6.72. The summed E-state index contributed by atoms with van der Waals surface area (Å²) < 4.78 is 13.8. The molecule has 1 heterocycles. The number of para-hydroxylation sites is 1. The first-order valence-electron chi connectivity index (χ1n) is 8.55. The molecule has 2 rings (SSSR count). The van der Waals surface area contributed by atoms with Gasteiger partial charge < -0.3 is 14.7 Å². The van der Waals surface area contributed by atoms with E-state index in [9.17, 15) is 14.0 Å². The van der Waals surface area contributed by atoms with Crippen LogP contribution in [0.3, 0.4) is 0 Å². The van der Waals surface area contributed by atoms with E-state index in [1.165, 1.54) is 13.0 Å². The number of anilines is 1. The van der Waals surface area contributed by atoms with Crippen LogP contribution < -0.4 is 4.90 Å². The largest absolute Gasteiger partial charge is 0.366 e.